The van der Waals surface area contributed by atoms with Gasteiger partial charge in [-0.15, -0.1) is 0 Å². The zero-order valence-electron chi connectivity index (χ0n) is 17.0. The smallest absolute Gasteiger partial charge is 0.255 e. The Morgan fingerprint density at radius 3 is 2.60 bits per heavy atom. The highest BCUT2D eigenvalue weighted by Crippen LogP contribution is 2.47. The number of hydrogen-bond donors (Lipinski definition) is 0. The molecule has 1 aliphatic carbocycles. The largest absolute Gasteiger partial charge is 0.464 e. The first-order valence-electron chi connectivity index (χ1n) is 10.5. The molecule has 0 spiro atoms. The number of carbonyl (C=O) groups excluding carboxylic acids is 1. The maximum atomic E-state index is 13.7. The van der Waals surface area contributed by atoms with Crippen LogP contribution >= 0.6 is 0 Å². The van der Waals surface area contributed by atoms with Crippen molar-refractivity contribution in [3.05, 3.63) is 71.7 Å². The van der Waals surface area contributed by atoms with E-state index in [4.69, 9.17) is 4.42 Å². The topological polar surface area (TPSA) is 67.6 Å². The molecular formula is C24H25NO4S. The van der Waals surface area contributed by atoms with Crippen LogP contribution in [0.1, 0.15) is 47.6 Å². The molecule has 5 rings (SSSR count). The number of benzene rings is 2. The van der Waals surface area contributed by atoms with E-state index in [1.165, 1.54) is 0 Å². The lowest BCUT2D eigenvalue weighted by molar-refractivity contribution is 0.0667. The summed E-state index contributed by atoms with van der Waals surface area (Å²) in [6.45, 7) is 2.48. The monoisotopic (exact) mass is 423 g/mol. The van der Waals surface area contributed by atoms with Crippen LogP contribution in [0.3, 0.4) is 0 Å². The van der Waals surface area contributed by atoms with Crippen molar-refractivity contribution in [3.63, 3.8) is 0 Å². The van der Waals surface area contributed by atoms with Gasteiger partial charge in [-0.1, -0.05) is 43.3 Å². The summed E-state index contributed by atoms with van der Waals surface area (Å²) in [5.74, 6) is 2.77. The van der Waals surface area contributed by atoms with Crippen molar-refractivity contribution in [2.45, 2.75) is 38.3 Å². The molecule has 2 aromatic carbocycles. The molecule has 3 aromatic rings. The Hall–Kier alpha value is -2.60. The van der Waals surface area contributed by atoms with Crippen molar-refractivity contribution in [3.8, 4) is 0 Å². The number of sulfone groups is 1. The van der Waals surface area contributed by atoms with E-state index >= 15 is 0 Å². The van der Waals surface area contributed by atoms with Crippen molar-refractivity contribution in [1.82, 2.24) is 4.90 Å². The molecule has 0 N–H and O–H groups in total. The van der Waals surface area contributed by atoms with Crippen molar-refractivity contribution >= 4 is 26.5 Å². The molecule has 3 atom stereocenters. The lowest BCUT2D eigenvalue weighted by Crippen LogP contribution is -2.40. The van der Waals surface area contributed by atoms with Gasteiger partial charge < -0.3 is 9.32 Å². The van der Waals surface area contributed by atoms with Crippen LogP contribution < -0.4 is 0 Å². The lowest BCUT2D eigenvalue weighted by atomic mass is 10.0. The van der Waals surface area contributed by atoms with E-state index in [1.54, 1.807) is 4.90 Å². The van der Waals surface area contributed by atoms with E-state index in [0.717, 1.165) is 23.0 Å². The molecule has 30 heavy (non-hydrogen) atoms. The van der Waals surface area contributed by atoms with E-state index in [2.05, 4.69) is 6.92 Å². The van der Waals surface area contributed by atoms with Crippen molar-refractivity contribution in [1.29, 1.82) is 0 Å². The maximum absolute atomic E-state index is 13.7. The summed E-state index contributed by atoms with van der Waals surface area (Å²) in [5, 5.41) is 1.87. The molecule has 5 nitrogen and oxygen atoms in total. The molecule has 2 fully saturated rings. The quantitative estimate of drug-likeness (QED) is 0.611. The molecule has 1 amide bonds. The standard InChI is InChI=1S/C24H25NO4S/c1-16-13-22(16)23-10-9-19(29-23)14-25(18-11-12-30(27,28)15-18)24(26)21-8-4-6-17-5-2-3-7-20(17)21/h2-10,16,18,22H,11-15H2,1H3. The Morgan fingerprint density at radius 2 is 1.87 bits per heavy atom. The zero-order valence-corrected chi connectivity index (χ0v) is 17.8. The van der Waals surface area contributed by atoms with Crippen LogP contribution in [-0.4, -0.2) is 36.8 Å². The van der Waals surface area contributed by atoms with Gasteiger partial charge in [-0.25, -0.2) is 8.42 Å². The molecular weight excluding hydrogens is 398 g/mol. The van der Waals surface area contributed by atoms with Crippen LogP contribution in [0.15, 0.2) is 59.0 Å². The van der Waals surface area contributed by atoms with Gasteiger partial charge in [0, 0.05) is 17.5 Å². The van der Waals surface area contributed by atoms with Crippen LogP contribution in [0.25, 0.3) is 10.8 Å². The third kappa shape index (κ3) is 3.65. The Morgan fingerprint density at radius 1 is 1.10 bits per heavy atom. The van der Waals surface area contributed by atoms with Gasteiger partial charge in [0.2, 0.25) is 0 Å². The van der Waals surface area contributed by atoms with Gasteiger partial charge in [0.15, 0.2) is 9.84 Å². The third-order valence-electron chi connectivity index (χ3n) is 6.41. The lowest BCUT2D eigenvalue weighted by Gasteiger charge is -2.28. The number of hydrogen-bond acceptors (Lipinski definition) is 4. The number of furan rings is 1. The Labute approximate surface area is 176 Å². The summed E-state index contributed by atoms with van der Waals surface area (Å²) in [6.07, 6.45) is 1.60. The van der Waals surface area contributed by atoms with Gasteiger partial charge in [-0.2, -0.15) is 0 Å². The van der Waals surface area contributed by atoms with Gasteiger partial charge in [0.25, 0.3) is 5.91 Å². The van der Waals surface area contributed by atoms with Crippen molar-refractivity contribution in [2.24, 2.45) is 5.92 Å². The van der Waals surface area contributed by atoms with Crippen LogP contribution in [0.2, 0.25) is 0 Å². The fourth-order valence-electron chi connectivity index (χ4n) is 4.52. The number of rotatable bonds is 5. The second kappa shape index (κ2) is 7.27. The molecule has 1 aliphatic heterocycles. The number of fused-ring (bicyclic) bond motifs is 1. The summed E-state index contributed by atoms with van der Waals surface area (Å²) in [4.78, 5) is 15.4. The summed E-state index contributed by atoms with van der Waals surface area (Å²) in [5.41, 5.74) is 0.597. The van der Waals surface area contributed by atoms with Crippen LogP contribution in [-0.2, 0) is 16.4 Å². The fourth-order valence-corrected chi connectivity index (χ4v) is 6.25. The van der Waals surface area contributed by atoms with Gasteiger partial charge in [-0.3, -0.25) is 4.79 Å². The predicted octanol–water partition coefficient (Wildman–Crippen LogP) is 4.39. The molecule has 3 unspecified atom stereocenters. The minimum Gasteiger partial charge on any atom is -0.464 e. The number of carbonyl (C=O) groups is 1. The highest BCUT2D eigenvalue weighted by Gasteiger charge is 2.38. The SMILES string of the molecule is CC1CC1c1ccc(CN(C(=O)c2cccc3ccccc23)C2CCS(=O)(=O)C2)o1. The first kappa shape index (κ1) is 19.4. The van der Waals surface area contributed by atoms with E-state index in [9.17, 15) is 13.2 Å². The van der Waals surface area contributed by atoms with Crippen molar-refractivity contribution < 1.29 is 17.6 Å². The first-order chi connectivity index (χ1) is 14.4. The van der Waals surface area contributed by atoms with Crippen LogP contribution in [0.5, 0.6) is 0 Å². The van der Waals surface area contributed by atoms with Crippen molar-refractivity contribution in [2.75, 3.05) is 11.5 Å². The van der Waals surface area contributed by atoms with E-state index < -0.39 is 9.84 Å². The third-order valence-corrected chi connectivity index (χ3v) is 8.16. The average Bonchev–Trinajstić information content (AvgIpc) is 3.12. The molecule has 6 heteroatoms. The zero-order chi connectivity index (χ0) is 20.9. The summed E-state index contributed by atoms with van der Waals surface area (Å²) in [6, 6.07) is 17.0. The number of amides is 1. The Bertz CT molecular complexity index is 1210. The Balaban J connectivity index is 1.49. The second-order valence-corrected chi connectivity index (χ2v) is 10.9. The van der Waals surface area contributed by atoms with Gasteiger partial charge in [0.1, 0.15) is 11.5 Å². The van der Waals surface area contributed by atoms with E-state index in [-0.39, 0.29) is 30.0 Å². The molecule has 2 heterocycles. The minimum absolute atomic E-state index is 0.0106. The summed E-state index contributed by atoms with van der Waals surface area (Å²) in [7, 11) is -3.12. The predicted molar refractivity (Wildman–Crippen MR) is 116 cm³/mol. The minimum atomic E-state index is -3.12. The molecule has 156 valence electrons. The van der Waals surface area contributed by atoms with E-state index in [1.807, 2.05) is 54.6 Å². The molecule has 1 saturated carbocycles. The van der Waals surface area contributed by atoms with Crippen LogP contribution in [0, 0.1) is 5.92 Å². The Kier molecular flexibility index (Phi) is 4.69. The second-order valence-electron chi connectivity index (χ2n) is 8.64. The summed E-state index contributed by atoms with van der Waals surface area (Å²) < 4.78 is 30.3. The van der Waals surface area contributed by atoms with Crippen LogP contribution in [0.4, 0.5) is 0 Å². The highest BCUT2D eigenvalue weighted by molar-refractivity contribution is 7.91. The molecule has 0 bridgehead atoms. The summed E-state index contributed by atoms with van der Waals surface area (Å²) >= 11 is 0. The van der Waals surface area contributed by atoms with Gasteiger partial charge in [0.05, 0.1) is 18.1 Å². The number of nitrogens with zero attached hydrogens (tertiary/aromatic N) is 1. The average molecular weight is 424 g/mol. The molecule has 1 aromatic heterocycles. The maximum Gasteiger partial charge on any atom is 0.255 e. The highest BCUT2D eigenvalue weighted by atomic mass is 32.2. The first-order valence-corrected chi connectivity index (χ1v) is 12.3. The normalized spacial score (nSPS) is 24.8. The molecule has 2 aliphatic rings. The van der Waals surface area contributed by atoms with E-state index in [0.29, 0.717) is 29.6 Å². The van der Waals surface area contributed by atoms with Gasteiger partial charge in [-0.05, 0) is 47.7 Å². The molecule has 1 saturated heterocycles. The van der Waals surface area contributed by atoms with Gasteiger partial charge >= 0.3 is 0 Å². The fraction of sp³-hybridized carbons (Fsp3) is 0.375. The molecule has 0 radical (unpaired) electrons.